The zero-order valence-electron chi connectivity index (χ0n) is 12.5. The minimum Gasteiger partial charge on any atom is -0.445 e. The number of hydrogen-bond donors (Lipinski definition) is 1. The Balaban J connectivity index is 1.85. The van der Waals surface area contributed by atoms with Crippen LogP contribution in [0.5, 0.6) is 0 Å². The number of halogens is 1. The van der Waals surface area contributed by atoms with Gasteiger partial charge >= 0.3 is 6.09 Å². The number of alkyl carbamates (subject to hydrolysis) is 1. The molecule has 1 aliphatic carbocycles. The lowest BCUT2D eigenvalue weighted by Gasteiger charge is -2.17. The molecule has 0 bridgehead atoms. The largest absolute Gasteiger partial charge is 0.445 e. The fourth-order valence-electron chi connectivity index (χ4n) is 2.22. The summed E-state index contributed by atoms with van der Waals surface area (Å²) in [6.45, 7) is 7.49. The van der Waals surface area contributed by atoms with Gasteiger partial charge in [0.1, 0.15) is 6.61 Å². The van der Waals surface area contributed by atoms with E-state index in [-0.39, 0.29) is 18.2 Å². The zero-order valence-corrected chi connectivity index (χ0v) is 14.1. The van der Waals surface area contributed by atoms with Crippen LogP contribution in [0, 0.1) is 0 Å². The maximum atomic E-state index is 11.9. The number of ether oxygens (including phenoxy) is 1. The van der Waals surface area contributed by atoms with Crippen LogP contribution in [0.3, 0.4) is 0 Å². The van der Waals surface area contributed by atoms with Gasteiger partial charge in [-0.3, -0.25) is 0 Å². The highest BCUT2D eigenvalue weighted by molar-refractivity contribution is 9.10. The molecule has 116 valence electrons. The van der Waals surface area contributed by atoms with E-state index >= 15 is 0 Å². The molecular weight excluding hydrogens is 342 g/mol. The minimum atomic E-state index is -0.383. The van der Waals surface area contributed by atoms with Crippen molar-refractivity contribution in [2.24, 2.45) is 0 Å². The average Bonchev–Trinajstić information content (AvgIpc) is 3.25. The van der Waals surface area contributed by atoms with Gasteiger partial charge in [0.15, 0.2) is 0 Å². The van der Waals surface area contributed by atoms with Crippen molar-refractivity contribution in [2.75, 3.05) is 6.61 Å². The monoisotopic (exact) mass is 361 g/mol. The highest BCUT2D eigenvalue weighted by Gasteiger charge is 2.44. The van der Waals surface area contributed by atoms with Gasteiger partial charge in [-0.15, -0.1) is 0 Å². The normalized spacial score (nSPS) is 15.8. The molecule has 0 aliphatic heterocycles. The highest BCUT2D eigenvalue weighted by Crippen LogP contribution is 2.38. The van der Waals surface area contributed by atoms with E-state index in [2.05, 4.69) is 46.5 Å². The highest BCUT2D eigenvalue weighted by atomic mass is 79.9. The summed E-state index contributed by atoms with van der Waals surface area (Å²) >= 11 is 3.42. The molecule has 0 unspecified atom stereocenters. The van der Waals surface area contributed by atoms with Crippen LogP contribution in [0.2, 0.25) is 0 Å². The number of allylic oxidation sites excluding steroid dienone is 2. The second-order valence-electron chi connectivity index (χ2n) is 5.47. The Morgan fingerprint density at radius 3 is 2.55 bits per heavy atom. The molecule has 1 aromatic carbocycles. The Labute approximate surface area is 139 Å². The van der Waals surface area contributed by atoms with Crippen molar-refractivity contribution in [3.63, 3.8) is 0 Å². The third-order valence-corrected chi connectivity index (χ3v) is 4.17. The molecule has 1 aliphatic rings. The molecule has 1 fully saturated rings. The Kier molecular flexibility index (Phi) is 5.61. The van der Waals surface area contributed by atoms with E-state index < -0.39 is 0 Å². The number of benzene rings is 1. The molecule has 0 radical (unpaired) electrons. The van der Waals surface area contributed by atoms with Crippen LogP contribution in [0.4, 0.5) is 4.79 Å². The predicted octanol–water partition coefficient (Wildman–Crippen LogP) is 4.55. The van der Waals surface area contributed by atoms with Crippen LogP contribution >= 0.6 is 15.9 Å². The van der Waals surface area contributed by atoms with Crippen molar-refractivity contribution in [3.05, 3.63) is 71.3 Å². The molecule has 2 rings (SSSR count). The smallest absolute Gasteiger partial charge is 0.407 e. The van der Waals surface area contributed by atoms with E-state index in [4.69, 9.17) is 4.74 Å². The van der Waals surface area contributed by atoms with E-state index in [1.807, 2.05) is 12.1 Å². The summed E-state index contributed by atoms with van der Waals surface area (Å²) < 4.78 is 6.29. The fraction of sp³-hybridized carbons (Fsp3) is 0.278. The van der Waals surface area contributed by atoms with Gasteiger partial charge in [0.2, 0.25) is 0 Å². The van der Waals surface area contributed by atoms with Crippen molar-refractivity contribution in [3.8, 4) is 0 Å². The number of rotatable bonds is 7. The molecule has 22 heavy (non-hydrogen) atoms. The molecule has 0 heterocycles. The first kappa shape index (κ1) is 16.6. The van der Waals surface area contributed by atoms with Gasteiger partial charge in [-0.1, -0.05) is 59.4 Å². The lowest BCUT2D eigenvalue weighted by atomic mass is 10.0. The minimum absolute atomic E-state index is 0.151. The van der Waals surface area contributed by atoms with Crippen LogP contribution in [0.25, 0.3) is 0 Å². The van der Waals surface area contributed by atoms with Crippen LogP contribution in [-0.2, 0) is 11.2 Å². The molecule has 0 saturated heterocycles. The summed E-state index contributed by atoms with van der Waals surface area (Å²) in [5, 5.41) is 2.99. The van der Waals surface area contributed by atoms with E-state index in [9.17, 15) is 4.79 Å². The third kappa shape index (κ3) is 4.88. The fourth-order valence-corrected chi connectivity index (χ4v) is 2.48. The third-order valence-electron chi connectivity index (χ3n) is 3.64. The Hall–Kier alpha value is -1.81. The van der Waals surface area contributed by atoms with Gasteiger partial charge in [-0.05, 0) is 42.5 Å². The Bertz CT molecular complexity index is 586. The maximum absolute atomic E-state index is 11.9. The van der Waals surface area contributed by atoms with Crippen molar-refractivity contribution in [1.29, 1.82) is 0 Å². The molecule has 1 N–H and O–H groups in total. The second kappa shape index (κ2) is 7.45. The summed E-state index contributed by atoms with van der Waals surface area (Å²) in [7, 11) is 0. The molecular formula is C18H20BrNO2. The SMILES string of the molecule is C=C/C=C(\C=C)COC(=O)NC1(Cc2ccc(Br)cc2)CC1. The lowest BCUT2D eigenvalue weighted by molar-refractivity contribution is 0.151. The van der Waals surface area contributed by atoms with Crippen molar-refractivity contribution in [1.82, 2.24) is 5.32 Å². The van der Waals surface area contributed by atoms with E-state index in [0.29, 0.717) is 0 Å². The maximum Gasteiger partial charge on any atom is 0.407 e. The molecule has 1 amide bonds. The molecule has 0 spiro atoms. The molecule has 4 heteroatoms. The molecule has 1 aromatic rings. The summed E-state index contributed by atoms with van der Waals surface area (Å²) in [5.74, 6) is 0. The Morgan fingerprint density at radius 2 is 2.00 bits per heavy atom. The molecule has 1 saturated carbocycles. The zero-order chi connectivity index (χ0) is 16.0. The van der Waals surface area contributed by atoms with Gasteiger partial charge < -0.3 is 10.1 Å². The number of amides is 1. The van der Waals surface area contributed by atoms with Crippen molar-refractivity contribution >= 4 is 22.0 Å². The van der Waals surface area contributed by atoms with Gasteiger partial charge in [0, 0.05) is 10.0 Å². The van der Waals surface area contributed by atoms with Crippen LogP contribution < -0.4 is 5.32 Å². The molecule has 0 aromatic heterocycles. The van der Waals surface area contributed by atoms with Gasteiger partial charge in [0.05, 0.1) is 0 Å². The summed E-state index contributed by atoms with van der Waals surface area (Å²) in [5.41, 5.74) is 1.88. The predicted molar refractivity (Wildman–Crippen MR) is 92.8 cm³/mol. The average molecular weight is 362 g/mol. The Morgan fingerprint density at radius 1 is 1.32 bits per heavy atom. The first-order valence-corrected chi connectivity index (χ1v) is 8.00. The summed E-state index contributed by atoms with van der Waals surface area (Å²) in [6, 6.07) is 8.17. The van der Waals surface area contributed by atoms with Crippen molar-refractivity contribution < 1.29 is 9.53 Å². The second-order valence-corrected chi connectivity index (χ2v) is 6.38. The first-order chi connectivity index (χ1) is 10.6. The van der Waals surface area contributed by atoms with E-state index in [0.717, 1.165) is 29.3 Å². The number of hydrogen-bond acceptors (Lipinski definition) is 2. The number of carbonyl (C=O) groups excluding carboxylic acids is 1. The van der Waals surface area contributed by atoms with Gasteiger partial charge in [-0.25, -0.2) is 4.79 Å². The topological polar surface area (TPSA) is 38.3 Å². The van der Waals surface area contributed by atoms with Gasteiger partial charge in [-0.2, -0.15) is 0 Å². The molecule has 3 nitrogen and oxygen atoms in total. The van der Waals surface area contributed by atoms with Gasteiger partial charge in [0.25, 0.3) is 0 Å². The van der Waals surface area contributed by atoms with E-state index in [1.54, 1.807) is 18.2 Å². The number of nitrogens with one attached hydrogen (secondary N) is 1. The first-order valence-electron chi connectivity index (χ1n) is 7.20. The summed E-state index contributed by atoms with van der Waals surface area (Å²) in [6.07, 6.45) is 7.48. The standard InChI is InChI=1S/C18H20BrNO2/c1-3-5-14(4-2)13-22-17(21)20-18(10-11-18)12-15-6-8-16(19)9-7-15/h3-9H,1-2,10-13H2,(H,20,21)/b14-5+. The quantitative estimate of drug-likeness (QED) is 0.723. The van der Waals surface area contributed by atoms with Crippen molar-refractivity contribution in [2.45, 2.75) is 24.8 Å². The van der Waals surface area contributed by atoms with Crippen LogP contribution in [0.1, 0.15) is 18.4 Å². The lowest BCUT2D eigenvalue weighted by Crippen LogP contribution is -2.39. The molecule has 0 atom stereocenters. The van der Waals surface area contributed by atoms with Crippen LogP contribution in [0.15, 0.2) is 65.7 Å². The van der Waals surface area contributed by atoms with E-state index in [1.165, 1.54) is 5.56 Å². The number of carbonyl (C=O) groups is 1. The van der Waals surface area contributed by atoms with Crippen LogP contribution in [-0.4, -0.2) is 18.2 Å². The summed E-state index contributed by atoms with van der Waals surface area (Å²) in [4.78, 5) is 11.9.